The Morgan fingerprint density at radius 2 is 0.367 bits per heavy atom. The summed E-state index contributed by atoms with van der Waals surface area (Å²) in [5.41, 5.74) is -1.57. The van der Waals surface area contributed by atoms with Gasteiger partial charge in [-0.2, -0.15) is 0 Å². The minimum Gasteiger partial charge on any atom is -0.371 e. The predicted molar refractivity (Wildman–Crippen MR) is 195 cm³/mol. The number of hydrogen-bond donors (Lipinski definition) is 0. The quantitative estimate of drug-likeness (QED) is 0.187. The fourth-order valence-electron chi connectivity index (χ4n) is 1.53. The standard InChI is InChI=1S/6C6H11NO.Tc/c6*1-6(2,8-4)5-7-3;/h6*5H2,1-2,4H3;/q;;;;;;+7. The second-order valence-electron chi connectivity index (χ2n) is 13.7. The van der Waals surface area contributed by atoms with Gasteiger partial charge in [-0.1, -0.05) is 0 Å². The minimum atomic E-state index is -0.262. The molecule has 0 bridgehead atoms. The van der Waals surface area contributed by atoms with Crippen molar-refractivity contribution >= 4 is 0 Å². The summed E-state index contributed by atoms with van der Waals surface area (Å²) in [5.74, 6) is 0. The van der Waals surface area contributed by atoms with E-state index >= 15 is 0 Å². The molecule has 0 aromatic carbocycles. The molecule has 0 unspecified atom stereocenters. The van der Waals surface area contributed by atoms with Crippen LogP contribution in [-0.4, -0.2) is 116 Å². The molecule has 0 aromatic heterocycles. The van der Waals surface area contributed by atoms with E-state index in [0.717, 1.165) is 0 Å². The fourth-order valence-corrected chi connectivity index (χ4v) is 1.53. The third-order valence-electron chi connectivity index (χ3n) is 6.07. The molecular formula is C36H66N6O6Tc+7. The van der Waals surface area contributed by atoms with E-state index < -0.39 is 0 Å². The van der Waals surface area contributed by atoms with Gasteiger partial charge >= 0.3 is 20.1 Å². The number of ether oxygens (including phenoxy) is 6. The van der Waals surface area contributed by atoms with Gasteiger partial charge in [0.05, 0.1) is 0 Å². The van der Waals surface area contributed by atoms with Gasteiger partial charge in [-0.15, -0.1) is 0 Å². The fraction of sp³-hybridized carbons (Fsp3) is 0.833. The maximum Gasteiger partial charge on any atom is 7.00 e. The van der Waals surface area contributed by atoms with Crippen LogP contribution in [0.4, 0.5) is 0 Å². The number of nitrogens with zero attached hydrogens (tertiary/aromatic N) is 6. The average molecular weight is 777 g/mol. The summed E-state index contributed by atoms with van der Waals surface area (Å²) in [6, 6.07) is 0. The topological polar surface area (TPSA) is 81.5 Å². The van der Waals surface area contributed by atoms with E-state index in [-0.39, 0.29) is 53.7 Å². The van der Waals surface area contributed by atoms with Gasteiger partial charge in [0.25, 0.3) is 0 Å². The summed E-state index contributed by atoms with van der Waals surface area (Å²) in [6.45, 7) is 64.4. The number of methoxy groups -OCH3 is 6. The van der Waals surface area contributed by atoms with Crippen LogP contribution in [0.3, 0.4) is 0 Å². The maximum absolute atomic E-state index is 6.51. The second kappa shape index (κ2) is 33.8. The molecule has 0 rings (SSSR count). The smallest absolute Gasteiger partial charge is 0.371 e. The third-order valence-corrected chi connectivity index (χ3v) is 6.07. The van der Waals surface area contributed by atoms with Crippen LogP contribution in [0.5, 0.6) is 0 Å². The van der Waals surface area contributed by atoms with Crippen molar-refractivity contribution in [1.82, 2.24) is 0 Å². The van der Waals surface area contributed by atoms with Crippen molar-refractivity contribution in [2.75, 3.05) is 81.9 Å². The van der Waals surface area contributed by atoms with E-state index in [1.807, 2.05) is 83.1 Å². The van der Waals surface area contributed by atoms with Crippen LogP contribution in [0.1, 0.15) is 83.1 Å². The zero-order chi connectivity index (χ0) is 39.7. The Kier molecular flexibility index (Phi) is 42.5. The van der Waals surface area contributed by atoms with E-state index in [9.17, 15) is 0 Å². The van der Waals surface area contributed by atoms with Gasteiger partial charge in [0.2, 0.25) is 39.3 Å². The van der Waals surface area contributed by atoms with Crippen molar-refractivity contribution in [3.63, 3.8) is 0 Å². The zero-order valence-electron chi connectivity index (χ0n) is 33.8. The molecule has 0 aliphatic heterocycles. The Bertz CT molecular complexity index is 834. The molecule has 0 radical (unpaired) electrons. The van der Waals surface area contributed by atoms with E-state index in [1.165, 1.54) is 0 Å². The summed E-state index contributed by atoms with van der Waals surface area (Å²) in [6.07, 6.45) is 0. The molecule has 0 amide bonds. The van der Waals surface area contributed by atoms with Gasteiger partial charge in [-0.25, -0.2) is 39.4 Å². The van der Waals surface area contributed by atoms with Crippen LogP contribution in [-0.2, 0) is 48.5 Å². The maximum atomic E-state index is 6.51. The van der Waals surface area contributed by atoms with Crippen molar-refractivity contribution in [2.24, 2.45) is 0 Å². The van der Waals surface area contributed by atoms with Crippen LogP contribution >= 0.6 is 0 Å². The molecule has 0 aliphatic carbocycles. The largest absolute Gasteiger partial charge is 7.00 e. The Morgan fingerprint density at radius 3 is 0.388 bits per heavy atom. The molecule has 0 fully saturated rings. The van der Waals surface area contributed by atoms with Gasteiger partial charge in [0, 0.05) is 42.7 Å². The monoisotopic (exact) mass is 775 g/mol. The Morgan fingerprint density at radius 1 is 0.286 bits per heavy atom. The van der Waals surface area contributed by atoms with Gasteiger partial charge in [0.1, 0.15) is 33.6 Å². The normalized spacial score (nSPS) is 10.5. The van der Waals surface area contributed by atoms with Gasteiger partial charge in [-0.3, -0.25) is 0 Å². The minimum absolute atomic E-state index is 0. The van der Waals surface area contributed by atoms with E-state index in [2.05, 4.69) is 29.1 Å². The predicted octanol–water partition coefficient (Wildman–Crippen LogP) is 7.98. The second-order valence-corrected chi connectivity index (χ2v) is 13.7. The van der Waals surface area contributed by atoms with Crippen molar-refractivity contribution in [3.8, 4) is 0 Å². The molecule has 0 heterocycles. The first kappa shape index (κ1) is 61.6. The first-order valence-corrected chi connectivity index (χ1v) is 15.0. The molecule has 276 valence electrons. The van der Waals surface area contributed by atoms with Gasteiger partial charge in [-0.05, 0) is 83.1 Å². The summed E-state index contributed by atoms with van der Waals surface area (Å²) in [4.78, 5) is 19.2. The van der Waals surface area contributed by atoms with Crippen LogP contribution in [0.25, 0.3) is 29.1 Å². The number of hydrogen-bond acceptors (Lipinski definition) is 6. The van der Waals surface area contributed by atoms with Crippen LogP contribution < -0.4 is 0 Å². The molecule has 0 N–H and O–H groups in total. The third kappa shape index (κ3) is 55.0. The van der Waals surface area contributed by atoms with Gasteiger partial charge in [0.15, 0.2) is 0 Å². The summed E-state index contributed by atoms with van der Waals surface area (Å²) in [7, 11) is 9.70. The molecule has 0 aromatic rings. The SMILES string of the molecule is [C-]#[N+]CC(C)(C)OC.[C-]#[N+]CC(C)(C)OC.[C-]#[N+]CC(C)(C)OC.[C-]#[N+]CC(C)(C)OC.[C-]#[N+]CC(C)(C)OC.[C-]#[N+]CC(C)(C)OC.[Tc+7]. The molecule has 0 aliphatic rings. The molecule has 12 nitrogen and oxygen atoms in total. The number of rotatable bonds is 12. The summed E-state index contributed by atoms with van der Waals surface area (Å²) in [5, 5.41) is 0. The molecular weight excluding hydrogens is 710 g/mol. The average Bonchev–Trinajstić information content (AvgIpc) is 2.99. The molecule has 0 saturated heterocycles. The Hall–Kier alpha value is -2.65. The van der Waals surface area contributed by atoms with Crippen LogP contribution in [0.15, 0.2) is 0 Å². The summed E-state index contributed by atoms with van der Waals surface area (Å²) >= 11 is 0. The van der Waals surface area contributed by atoms with E-state index in [4.69, 9.17) is 67.9 Å². The Balaban J connectivity index is -0.0000000860. The molecule has 0 atom stereocenters. The molecule has 13 heteroatoms. The van der Waals surface area contributed by atoms with Gasteiger partial charge < -0.3 is 57.5 Å². The van der Waals surface area contributed by atoms with Crippen molar-refractivity contribution in [3.05, 3.63) is 68.5 Å². The van der Waals surface area contributed by atoms with Crippen molar-refractivity contribution in [2.45, 2.75) is 117 Å². The summed E-state index contributed by atoms with van der Waals surface area (Å²) < 4.78 is 29.8. The van der Waals surface area contributed by atoms with E-state index in [0.29, 0.717) is 39.3 Å². The van der Waals surface area contributed by atoms with Crippen molar-refractivity contribution in [1.29, 1.82) is 0 Å². The van der Waals surface area contributed by atoms with Crippen LogP contribution in [0, 0.1) is 39.4 Å². The van der Waals surface area contributed by atoms with Crippen molar-refractivity contribution < 1.29 is 48.5 Å². The molecule has 49 heavy (non-hydrogen) atoms. The zero-order valence-corrected chi connectivity index (χ0v) is 35.6. The first-order valence-electron chi connectivity index (χ1n) is 15.0. The van der Waals surface area contributed by atoms with E-state index in [1.54, 1.807) is 42.7 Å². The first-order chi connectivity index (χ1) is 21.7. The van der Waals surface area contributed by atoms with Crippen LogP contribution in [0.2, 0.25) is 0 Å². The molecule has 0 saturated carbocycles. The molecule has 0 spiro atoms. The Labute approximate surface area is 314 Å².